The number of anilines is 1. The first kappa shape index (κ1) is 23.3. The molecule has 1 aromatic heterocycles. The molecule has 1 amide bonds. The number of amides is 1. The molecule has 0 spiro atoms. The van der Waals surface area contributed by atoms with Crippen LogP contribution in [0.5, 0.6) is 0 Å². The first-order valence-electron chi connectivity index (χ1n) is 8.93. The summed E-state index contributed by atoms with van der Waals surface area (Å²) >= 11 is 5.62. The van der Waals surface area contributed by atoms with Crippen LogP contribution >= 0.6 is 22.2 Å². The van der Waals surface area contributed by atoms with Crippen molar-refractivity contribution in [1.29, 1.82) is 0 Å². The average molecular weight is 477 g/mol. The van der Waals surface area contributed by atoms with Gasteiger partial charge < -0.3 is 11.1 Å². The Labute approximate surface area is 182 Å². The Bertz CT molecular complexity index is 1080. The number of nitrogens with two attached hydrogens (primary N) is 1. The monoisotopic (exact) mass is 476 g/mol. The molecule has 0 saturated heterocycles. The molecule has 0 radical (unpaired) electrons. The highest BCUT2D eigenvalue weighted by Gasteiger charge is 2.51. The number of carbonyl (C=O) groups excluding carboxylic acids is 1. The number of halogens is 4. The molecule has 1 atom stereocenters. The number of nitrogens with zero attached hydrogens (tertiary/aromatic N) is 2. The minimum atomic E-state index is -3.51. The summed E-state index contributed by atoms with van der Waals surface area (Å²) in [5.41, 5.74) is 2.97. The van der Waals surface area contributed by atoms with E-state index in [4.69, 9.17) is 17.3 Å². The molecule has 1 aliphatic rings. The third-order valence-electron chi connectivity index (χ3n) is 5.18. The van der Waals surface area contributed by atoms with Gasteiger partial charge in [-0.05, 0) is 38.1 Å². The van der Waals surface area contributed by atoms with E-state index in [9.17, 15) is 27.1 Å². The molecule has 168 valence electrons. The summed E-state index contributed by atoms with van der Waals surface area (Å²) in [6.07, 6.45) is 1.08. The van der Waals surface area contributed by atoms with E-state index in [1.165, 1.54) is 19.9 Å². The van der Waals surface area contributed by atoms with E-state index in [2.05, 4.69) is 15.3 Å². The van der Waals surface area contributed by atoms with Gasteiger partial charge in [0.15, 0.2) is 11.5 Å². The van der Waals surface area contributed by atoms with Gasteiger partial charge in [-0.3, -0.25) is 18.9 Å². The summed E-state index contributed by atoms with van der Waals surface area (Å²) in [5, 5.41) is 2.34. The van der Waals surface area contributed by atoms with Crippen molar-refractivity contribution in [3.8, 4) is 0 Å². The summed E-state index contributed by atoms with van der Waals surface area (Å²) in [6.45, 7) is 1.62. The molecule has 3 rings (SSSR count). The van der Waals surface area contributed by atoms with Gasteiger partial charge in [-0.2, -0.15) is 10.6 Å². The van der Waals surface area contributed by atoms with Crippen molar-refractivity contribution in [2.24, 2.45) is 10.7 Å². The number of alkyl halides is 1. The molecule has 0 bridgehead atoms. The smallest absolute Gasteiger partial charge is 0.277 e. The number of pyridine rings is 1. The minimum absolute atomic E-state index is 0.00216. The minimum Gasteiger partial charge on any atom is -0.386 e. The fourth-order valence-electron chi connectivity index (χ4n) is 3.09. The van der Waals surface area contributed by atoms with Gasteiger partial charge in [0.05, 0.1) is 10.8 Å². The number of amidine groups is 1. The Kier molecular flexibility index (Phi) is 6.00. The summed E-state index contributed by atoms with van der Waals surface area (Å²) in [7, 11) is -3.51. The first-order chi connectivity index (χ1) is 14.3. The van der Waals surface area contributed by atoms with Crippen molar-refractivity contribution in [2.75, 3.05) is 17.7 Å². The topological polar surface area (TPSA) is 121 Å². The van der Waals surface area contributed by atoms with E-state index < -0.39 is 56.5 Å². The van der Waals surface area contributed by atoms with Crippen molar-refractivity contribution in [2.45, 2.75) is 24.1 Å². The van der Waals surface area contributed by atoms with Gasteiger partial charge in [0.25, 0.3) is 5.91 Å². The normalized spacial score (nSPS) is 23.0. The molecular weight excluding hydrogens is 457 g/mol. The lowest BCUT2D eigenvalue weighted by atomic mass is 9.92. The van der Waals surface area contributed by atoms with E-state index in [0.717, 1.165) is 24.4 Å². The molecule has 1 aromatic carbocycles. The molecule has 12 heteroatoms. The fourth-order valence-corrected chi connectivity index (χ4v) is 4.94. The van der Waals surface area contributed by atoms with E-state index in [1.54, 1.807) is 0 Å². The molecule has 0 aliphatic carbocycles. The van der Waals surface area contributed by atoms with Crippen LogP contribution in [-0.4, -0.2) is 43.0 Å². The SMILES string of the molecule is CC1(C)C(N)=N[C@@](CF)(c2cc(NC(=O)c3ncc(Cl)cc3F)ccc2F)CS1(O)O. The molecule has 1 aliphatic heterocycles. The van der Waals surface area contributed by atoms with E-state index in [-0.39, 0.29) is 22.1 Å². The molecule has 0 fully saturated rings. The number of aliphatic imine (C=N–C) groups is 1. The highest BCUT2D eigenvalue weighted by Crippen LogP contribution is 2.59. The number of hydrogen-bond acceptors (Lipinski definition) is 6. The average Bonchev–Trinajstić information content (AvgIpc) is 2.67. The zero-order valence-electron chi connectivity index (χ0n) is 16.5. The van der Waals surface area contributed by atoms with Gasteiger partial charge in [0.1, 0.15) is 28.6 Å². The van der Waals surface area contributed by atoms with Gasteiger partial charge in [-0.1, -0.05) is 11.6 Å². The molecule has 5 N–H and O–H groups in total. The largest absolute Gasteiger partial charge is 0.386 e. The van der Waals surface area contributed by atoms with Crippen LogP contribution in [0.15, 0.2) is 35.5 Å². The number of rotatable bonds is 4. The molecule has 2 aromatic rings. The Morgan fingerprint density at radius 1 is 1.29 bits per heavy atom. The van der Waals surface area contributed by atoms with Crippen LogP contribution in [-0.2, 0) is 5.54 Å². The van der Waals surface area contributed by atoms with Crippen LogP contribution in [0.25, 0.3) is 0 Å². The van der Waals surface area contributed by atoms with Gasteiger partial charge in [-0.15, -0.1) is 0 Å². The second kappa shape index (κ2) is 7.97. The molecule has 0 unspecified atom stereocenters. The second-order valence-corrected chi connectivity index (χ2v) is 10.7. The standard InChI is InChI=1S/C19H20ClF3N4O3S/c1-18(2)17(24)27-19(8-21,9-31(18,29)30)12-6-11(3-4-13(12)22)26-16(28)15-14(23)5-10(20)7-25-15/h3-7,29-30H,8-9H2,1-2H3,(H2,24,27)(H,26,28)/t19-/m1/s1. The van der Waals surface area contributed by atoms with Crippen LogP contribution in [0.3, 0.4) is 0 Å². The third kappa shape index (κ3) is 4.10. The maximum atomic E-state index is 14.7. The third-order valence-corrected chi connectivity index (χ3v) is 8.11. The zero-order valence-corrected chi connectivity index (χ0v) is 18.1. The number of carbonyl (C=O) groups is 1. The Balaban J connectivity index is 2.02. The molecular formula is C19H20ClF3N4O3S. The van der Waals surface area contributed by atoms with E-state index in [1.807, 2.05) is 0 Å². The lowest BCUT2D eigenvalue weighted by molar-refractivity contribution is 0.101. The van der Waals surface area contributed by atoms with Crippen LogP contribution in [0, 0.1) is 11.6 Å². The number of aromatic nitrogens is 1. The van der Waals surface area contributed by atoms with Crippen molar-refractivity contribution in [3.05, 3.63) is 58.4 Å². The molecule has 31 heavy (non-hydrogen) atoms. The summed E-state index contributed by atoms with van der Waals surface area (Å²) < 4.78 is 62.7. The Morgan fingerprint density at radius 3 is 2.55 bits per heavy atom. The Morgan fingerprint density at radius 2 is 1.97 bits per heavy atom. The quantitative estimate of drug-likeness (QED) is 0.523. The first-order valence-corrected chi connectivity index (χ1v) is 11.0. The zero-order chi connectivity index (χ0) is 23.2. The molecule has 2 heterocycles. The summed E-state index contributed by atoms with van der Waals surface area (Å²) in [4.78, 5) is 20.1. The maximum absolute atomic E-state index is 14.7. The predicted molar refractivity (Wildman–Crippen MR) is 115 cm³/mol. The number of benzene rings is 1. The highest BCUT2D eigenvalue weighted by atomic mass is 35.5. The van der Waals surface area contributed by atoms with E-state index >= 15 is 0 Å². The maximum Gasteiger partial charge on any atom is 0.277 e. The van der Waals surface area contributed by atoms with Gasteiger partial charge in [0.2, 0.25) is 0 Å². The predicted octanol–water partition coefficient (Wildman–Crippen LogP) is 4.33. The summed E-state index contributed by atoms with van der Waals surface area (Å²) in [5.74, 6) is -3.65. The van der Waals surface area contributed by atoms with Crippen molar-refractivity contribution >= 4 is 39.6 Å². The molecule has 0 saturated carbocycles. The van der Waals surface area contributed by atoms with Gasteiger partial charge in [0, 0.05) is 17.4 Å². The van der Waals surface area contributed by atoms with Crippen molar-refractivity contribution in [1.82, 2.24) is 4.98 Å². The lowest BCUT2D eigenvalue weighted by Crippen LogP contribution is -2.53. The molecule has 7 nitrogen and oxygen atoms in total. The lowest BCUT2D eigenvalue weighted by Gasteiger charge is -2.53. The summed E-state index contributed by atoms with van der Waals surface area (Å²) in [6, 6.07) is 4.12. The van der Waals surface area contributed by atoms with Gasteiger partial charge >= 0.3 is 0 Å². The number of hydrogen-bond donors (Lipinski definition) is 4. The van der Waals surface area contributed by atoms with Crippen molar-refractivity contribution in [3.63, 3.8) is 0 Å². The van der Waals surface area contributed by atoms with Crippen LogP contribution in [0.1, 0.15) is 29.9 Å². The van der Waals surface area contributed by atoms with E-state index in [0.29, 0.717) is 0 Å². The Hall–Kier alpha value is -2.34. The highest BCUT2D eigenvalue weighted by molar-refractivity contribution is 8.26. The van der Waals surface area contributed by atoms with Crippen molar-refractivity contribution < 1.29 is 27.1 Å². The van der Waals surface area contributed by atoms with Crippen LogP contribution < -0.4 is 11.1 Å². The van der Waals surface area contributed by atoms with Crippen LogP contribution in [0.2, 0.25) is 5.02 Å². The number of nitrogens with one attached hydrogen (secondary N) is 1. The fraction of sp³-hybridized carbons (Fsp3) is 0.316. The second-order valence-electron chi connectivity index (χ2n) is 7.62. The van der Waals surface area contributed by atoms with Gasteiger partial charge in [-0.25, -0.2) is 18.2 Å². The van der Waals surface area contributed by atoms with Crippen LogP contribution in [0.4, 0.5) is 18.9 Å².